The van der Waals surface area contributed by atoms with Gasteiger partial charge in [-0.1, -0.05) is 12.1 Å². The highest BCUT2D eigenvalue weighted by Crippen LogP contribution is 2.22. The van der Waals surface area contributed by atoms with E-state index >= 15 is 0 Å². The van der Waals surface area contributed by atoms with E-state index in [9.17, 15) is 4.79 Å². The lowest BCUT2D eigenvalue weighted by atomic mass is 10.1. The number of aryl methyl sites for hydroxylation is 1. The van der Waals surface area contributed by atoms with Gasteiger partial charge in [-0.25, -0.2) is 10.0 Å². The molecule has 8 nitrogen and oxygen atoms in total. The van der Waals surface area contributed by atoms with E-state index < -0.39 is 0 Å². The molecule has 3 N–H and O–H groups in total. The highest BCUT2D eigenvalue weighted by molar-refractivity contribution is 6.10. The molecule has 0 spiro atoms. The number of nitrogens with zero attached hydrogens (tertiary/aromatic N) is 4. The normalized spacial score (nSPS) is 10.6. The van der Waals surface area contributed by atoms with Gasteiger partial charge in [-0.2, -0.15) is 5.10 Å². The number of fused-ring (bicyclic) bond motifs is 1. The molecule has 8 heteroatoms. The molecule has 2 aromatic heterocycles. The minimum atomic E-state index is -0.287. The van der Waals surface area contributed by atoms with Gasteiger partial charge in [0.2, 0.25) is 0 Å². The number of nitrogens with one attached hydrogen (secondary N) is 3. The zero-order valence-electron chi connectivity index (χ0n) is 14.7. The summed E-state index contributed by atoms with van der Waals surface area (Å²) in [6.07, 6.45) is 3.34. The van der Waals surface area contributed by atoms with E-state index in [0.717, 1.165) is 11.3 Å². The summed E-state index contributed by atoms with van der Waals surface area (Å²) in [4.78, 5) is 14.7. The van der Waals surface area contributed by atoms with Gasteiger partial charge in [-0.05, 0) is 30.7 Å². The molecule has 2 heterocycles. The Hall–Kier alpha value is -3.55. The molecule has 0 saturated heterocycles. The van der Waals surface area contributed by atoms with Crippen molar-refractivity contribution >= 4 is 28.6 Å². The van der Waals surface area contributed by atoms with Crippen LogP contribution in [0.1, 0.15) is 21.5 Å². The number of carbonyl (C=O) groups is 1. The molecule has 0 atom stereocenters. The van der Waals surface area contributed by atoms with Crippen molar-refractivity contribution in [3.63, 3.8) is 0 Å². The first-order valence-electron chi connectivity index (χ1n) is 7.94. The first kappa shape index (κ1) is 17.3. The number of benzene rings is 1. The van der Waals surface area contributed by atoms with E-state index in [4.69, 9.17) is 10.9 Å². The van der Waals surface area contributed by atoms with Gasteiger partial charge in [0.25, 0.3) is 5.91 Å². The van der Waals surface area contributed by atoms with Crippen molar-refractivity contribution in [2.24, 2.45) is 5.11 Å². The summed E-state index contributed by atoms with van der Waals surface area (Å²) >= 11 is 0. The van der Waals surface area contributed by atoms with E-state index in [0.29, 0.717) is 22.3 Å². The fourth-order valence-corrected chi connectivity index (χ4v) is 2.58. The number of aromatic nitrogens is 2. The van der Waals surface area contributed by atoms with Crippen LogP contribution in [0.5, 0.6) is 0 Å². The average Bonchev–Trinajstić information content (AvgIpc) is 3.06. The molecule has 0 radical (unpaired) electrons. The molecular weight excluding hydrogens is 330 g/mol. The average molecular weight is 349 g/mol. The molecule has 0 fully saturated rings. The van der Waals surface area contributed by atoms with Crippen LogP contribution in [0.25, 0.3) is 5.52 Å². The zero-order chi connectivity index (χ0) is 18.8. The van der Waals surface area contributed by atoms with E-state index in [-0.39, 0.29) is 11.7 Å². The van der Waals surface area contributed by atoms with Crippen molar-refractivity contribution in [3.05, 3.63) is 59.4 Å². The molecule has 26 heavy (non-hydrogen) atoms. The summed E-state index contributed by atoms with van der Waals surface area (Å²) in [5, 5.41) is 17.9. The third kappa shape index (κ3) is 3.16. The van der Waals surface area contributed by atoms with Crippen molar-refractivity contribution in [2.75, 3.05) is 24.3 Å². The second-order valence-corrected chi connectivity index (χ2v) is 6.11. The first-order chi connectivity index (χ1) is 12.4. The maximum Gasteiger partial charge on any atom is 0.259 e. The summed E-state index contributed by atoms with van der Waals surface area (Å²) in [6.45, 7) is 1.86. The first-order valence-corrected chi connectivity index (χ1v) is 7.94. The van der Waals surface area contributed by atoms with Crippen molar-refractivity contribution < 1.29 is 4.79 Å². The van der Waals surface area contributed by atoms with Gasteiger partial charge in [0.1, 0.15) is 0 Å². The lowest BCUT2D eigenvalue weighted by Gasteiger charge is -2.13. The van der Waals surface area contributed by atoms with Crippen molar-refractivity contribution in [1.29, 1.82) is 10.9 Å². The number of rotatable bonds is 4. The number of amides is 1. The summed E-state index contributed by atoms with van der Waals surface area (Å²) < 4.78 is 1.65. The Bertz CT molecular complexity index is 1020. The minimum absolute atomic E-state index is 0.160. The maximum atomic E-state index is 12.8. The van der Waals surface area contributed by atoms with E-state index in [2.05, 4.69) is 15.5 Å². The van der Waals surface area contributed by atoms with E-state index in [1.54, 1.807) is 22.7 Å². The second kappa shape index (κ2) is 6.75. The predicted molar refractivity (Wildman–Crippen MR) is 101 cm³/mol. The number of hydrogen-bond donors (Lipinski definition) is 3. The second-order valence-electron chi connectivity index (χ2n) is 6.11. The topological polar surface area (TPSA) is 110 Å². The molecule has 0 aliphatic rings. The van der Waals surface area contributed by atoms with Gasteiger partial charge in [0.05, 0.1) is 17.3 Å². The number of hydrogen-bond acceptors (Lipinski definition) is 5. The van der Waals surface area contributed by atoms with Crippen LogP contribution < -0.4 is 10.2 Å². The van der Waals surface area contributed by atoms with Crippen LogP contribution in [0.15, 0.2) is 47.8 Å². The Morgan fingerprint density at radius 1 is 1.27 bits per heavy atom. The van der Waals surface area contributed by atoms with Gasteiger partial charge >= 0.3 is 0 Å². The number of pyridine rings is 1. The summed E-state index contributed by atoms with van der Waals surface area (Å²) in [6, 6.07) is 8.95. The maximum absolute atomic E-state index is 12.8. The molecule has 132 valence electrons. The quantitative estimate of drug-likeness (QED) is 0.382. The summed E-state index contributed by atoms with van der Waals surface area (Å²) in [5.41, 5.74) is 11.0. The summed E-state index contributed by atoms with van der Waals surface area (Å²) in [7, 11) is 3.87. The highest BCUT2D eigenvalue weighted by Gasteiger charge is 2.15. The van der Waals surface area contributed by atoms with Crippen molar-refractivity contribution in [3.8, 4) is 0 Å². The van der Waals surface area contributed by atoms with Crippen LogP contribution in [-0.2, 0) is 0 Å². The molecule has 0 aliphatic heterocycles. The number of carbonyl (C=O) groups excluding carboxylic acids is 1. The van der Waals surface area contributed by atoms with Crippen LogP contribution in [0.3, 0.4) is 0 Å². The molecule has 3 aromatic rings. The number of anilines is 2. The molecule has 0 unspecified atom stereocenters. The van der Waals surface area contributed by atoms with Crippen LogP contribution in [0.2, 0.25) is 0 Å². The standard InChI is InChI=1S/C18H19N7O/c1-11-4-5-12(17(19)23-20)8-15(11)22-18(26)14-10-21-25-7-6-13(24(2)3)9-16(14)25/h4-10,19-20H,1-3H3,(H,22,26). The SMILES string of the molecule is Cc1ccc(C(=N)N=N)cc1NC(=O)c1cnn2ccc(N(C)C)cc12. The fourth-order valence-electron chi connectivity index (χ4n) is 2.58. The Labute approximate surface area is 150 Å². The molecule has 3 rings (SSSR count). The Morgan fingerprint density at radius 2 is 2.04 bits per heavy atom. The van der Waals surface area contributed by atoms with E-state index in [1.807, 2.05) is 44.2 Å². The third-order valence-corrected chi connectivity index (χ3v) is 4.14. The van der Waals surface area contributed by atoms with Crippen LogP contribution >= 0.6 is 0 Å². The van der Waals surface area contributed by atoms with Crippen LogP contribution in [-0.4, -0.2) is 35.5 Å². The van der Waals surface area contributed by atoms with E-state index in [1.165, 1.54) is 6.20 Å². The van der Waals surface area contributed by atoms with Gasteiger partial charge in [0, 0.05) is 37.2 Å². The van der Waals surface area contributed by atoms with Crippen LogP contribution in [0.4, 0.5) is 11.4 Å². The Balaban J connectivity index is 1.96. The third-order valence-electron chi connectivity index (χ3n) is 4.14. The van der Waals surface area contributed by atoms with Gasteiger partial charge in [-0.15, -0.1) is 5.11 Å². The molecule has 0 aliphatic carbocycles. The lowest BCUT2D eigenvalue weighted by Crippen LogP contribution is -2.14. The fraction of sp³-hybridized carbons (Fsp3) is 0.167. The molecule has 0 bridgehead atoms. The molecular formula is C18H19N7O. The number of amidine groups is 1. The van der Waals surface area contributed by atoms with Crippen LogP contribution in [0, 0.1) is 17.9 Å². The van der Waals surface area contributed by atoms with Gasteiger partial charge in [0.15, 0.2) is 5.84 Å². The summed E-state index contributed by atoms with van der Waals surface area (Å²) in [5.74, 6) is -0.447. The molecule has 1 aromatic carbocycles. The largest absolute Gasteiger partial charge is 0.378 e. The predicted octanol–water partition coefficient (Wildman–Crippen LogP) is 3.32. The minimum Gasteiger partial charge on any atom is -0.378 e. The smallest absolute Gasteiger partial charge is 0.259 e. The highest BCUT2D eigenvalue weighted by atomic mass is 16.1. The zero-order valence-corrected chi connectivity index (χ0v) is 14.7. The van der Waals surface area contributed by atoms with Gasteiger partial charge < -0.3 is 10.2 Å². The Kier molecular flexibility index (Phi) is 4.49. The monoisotopic (exact) mass is 349 g/mol. The lowest BCUT2D eigenvalue weighted by molar-refractivity contribution is 0.102. The van der Waals surface area contributed by atoms with Crippen molar-refractivity contribution in [1.82, 2.24) is 9.61 Å². The van der Waals surface area contributed by atoms with Gasteiger partial charge in [-0.3, -0.25) is 10.2 Å². The molecule has 1 amide bonds. The Morgan fingerprint density at radius 3 is 2.73 bits per heavy atom. The molecule has 0 saturated carbocycles. The van der Waals surface area contributed by atoms with Crippen molar-refractivity contribution in [2.45, 2.75) is 6.92 Å².